The van der Waals surface area contributed by atoms with Crippen molar-refractivity contribution in [3.05, 3.63) is 24.0 Å². The maximum atomic E-state index is 12.9. The summed E-state index contributed by atoms with van der Waals surface area (Å²) in [5, 5.41) is 4.31. The van der Waals surface area contributed by atoms with E-state index in [1.165, 1.54) is 0 Å². The van der Waals surface area contributed by atoms with E-state index in [0.29, 0.717) is 12.8 Å². The Morgan fingerprint density at radius 2 is 2.33 bits per heavy atom. The monoisotopic (exact) mass is 342 g/mol. The largest absolute Gasteiger partial charge is 0.251 e. The van der Waals surface area contributed by atoms with E-state index < -0.39 is 5.92 Å². The Morgan fingerprint density at radius 1 is 1.53 bits per heavy atom. The van der Waals surface area contributed by atoms with E-state index in [-0.39, 0.29) is 12.8 Å². The zero-order chi connectivity index (χ0) is 10.9. The van der Waals surface area contributed by atoms with Gasteiger partial charge in [0.15, 0.2) is 0 Å². The van der Waals surface area contributed by atoms with Crippen molar-refractivity contribution < 1.29 is 8.78 Å². The highest BCUT2D eigenvalue weighted by Gasteiger charge is 2.31. The molecular weight excluding hydrogens is 332 g/mol. The van der Waals surface area contributed by atoms with Gasteiger partial charge in [0.25, 0.3) is 5.92 Å². The third-order valence-electron chi connectivity index (χ3n) is 2.41. The summed E-state index contributed by atoms with van der Waals surface area (Å²) in [6.45, 7) is 0. The van der Waals surface area contributed by atoms with Gasteiger partial charge in [-0.25, -0.2) is 13.2 Å². The van der Waals surface area contributed by atoms with Crippen LogP contribution in [0.4, 0.5) is 8.78 Å². The van der Waals surface area contributed by atoms with Gasteiger partial charge in [-0.15, -0.1) is 0 Å². The van der Waals surface area contributed by atoms with E-state index in [4.69, 9.17) is 0 Å². The Balaban J connectivity index is 2.15. The van der Waals surface area contributed by atoms with Crippen molar-refractivity contribution in [2.75, 3.05) is 0 Å². The number of aromatic nitrogens is 2. The summed E-state index contributed by atoms with van der Waals surface area (Å²) >= 11 is 2.23. The smallest absolute Gasteiger partial charge is 0.245 e. The molecule has 1 aliphatic rings. The molecule has 15 heavy (non-hydrogen) atoms. The predicted octanol–water partition coefficient (Wildman–Crippen LogP) is 3.88. The molecule has 0 bridgehead atoms. The molecular formula is C9H10F2IN2P. The molecule has 0 amide bonds. The van der Waals surface area contributed by atoms with E-state index in [9.17, 15) is 8.78 Å². The Morgan fingerprint density at radius 3 is 2.87 bits per heavy atom. The average molecular weight is 342 g/mol. The fourth-order valence-electron chi connectivity index (χ4n) is 1.57. The minimum atomic E-state index is -2.52. The summed E-state index contributed by atoms with van der Waals surface area (Å²) in [6.07, 6.45) is 4.27. The highest BCUT2D eigenvalue weighted by molar-refractivity contribution is 14.2. The highest BCUT2D eigenvalue weighted by atomic mass is 127. The van der Waals surface area contributed by atoms with Crippen LogP contribution in [0.5, 0.6) is 0 Å². The van der Waals surface area contributed by atoms with Crippen molar-refractivity contribution in [3.8, 4) is 0 Å². The number of nitrogens with zero attached hydrogens (tertiary/aromatic N) is 2. The maximum Gasteiger partial charge on any atom is 0.251 e. The van der Waals surface area contributed by atoms with Crippen molar-refractivity contribution in [2.45, 2.75) is 25.2 Å². The molecule has 1 atom stereocenters. The van der Waals surface area contributed by atoms with E-state index in [2.05, 4.69) is 27.1 Å². The van der Waals surface area contributed by atoms with Crippen LogP contribution >= 0.6 is 28.4 Å². The molecule has 6 heteroatoms. The zero-order valence-corrected chi connectivity index (χ0v) is 11.0. The Kier molecular flexibility index (Phi) is 3.40. The lowest BCUT2D eigenvalue weighted by atomic mass is 9.94. The summed E-state index contributed by atoms with van der Waals surface area (Å²) in [6, 6.07) is 1.89. The molecule has 1 aromatic rings. The van der Waals surface area contributed by atoms with Gasteiger partial charge < -0.3 is 0 Å². The van der Waals surface area contributed by atoms with Gasteiger partial charge in [0.2, 0.25) is 0 Å². The molecule has 0 radical (unpaired) electrons. The average Bonchev–Trinajstić information content (AvgIpc) is 2.66. The van der Waals surface area contributed by atoms with Gasteiger partial charge in [-0.1, -0.05) is 6.08 Å². The molecule has 0 saturated heterocycles. The maximum absolute atomic E-state index is 12.9. The number of halogens is 3. The quantitative estimate of drug-likeness (QED) is 0.589. The van der Waals surface area contributed by atoms with Crippen LogP contribution in [0, 0.1) is 0 Å². The van der Waals surface area contributed by atoms with E-state index in [1.807, 2.05) is 16.7 Å². The number of alkyl halides is 2. The van der Waals surface area contributed by atoms with Gasteiger partial charge in [-0.2, -0.15) is 5.10 Å². The highest BCUT2D eigenvalue weighted by Crippen LogP contribution is 2.36. The van der Waals surface area contributed by atoms with Gasteiger partial charge in [0.05, 0.1) is 12.1 Å². The number of hydrogen-bond donors (Lipinski definition) is 0. The second-order valence-corrected chi connectivity index (χ2v) is 5.59. The normalized spacial score (nSPS) is 20.9. The van der Waals surface area contributed by atoms with Gasteiger partial charge >= 0.3 is 0 Å². The lowest BCUT2D eigenvalue weighted by molar-refractivity contribution is -0.00605. The van der Waals surface area contributed by atoms with Gasteiger partial charge in [0, 0.05) is 19.0 Å². The topological polar surface area (TPSA) is 17.8 Å². The fourth-order valence-corrected chi connectivity index (χ4v) is 2.65. The lowest BCUT2D eigenvalue weighted by Crippen LogP contribution is -2.18. The van der Waals surface area contributed by atoms with Gasteiger partial charge in [0.1, 0.15) is 0 Å². The van der Waals surface area contributed by atoms with Crippen LogP contribution in [0.15, 0.2) is 18.3 Å². The summed E-state index contributed by atoms with van der Waals surface area (Å²) in [7, 11) is 0. The molecule has 1 aromatic heterocycles. The first-order chi connectivity index (χ1) is 7.11. The third-order valence-corrected chi connectivity index (χ3v) is 4.32. The molecule has 0 aliphatic heterocycles. The molecule has 0 N–H and O–H groups in total. The molecule has 1 aliphatic carbocycles. The molecule has 0 fully saturated rings. The molecule has 0 spiro atoms. The van der Waals surface area contributed by atoms with Crippen LogP contribution in [0.1, 0.15) is 25.0 Å². The number of allylic oxidation sites excluding steroid dienone is 2. The SMILES string of the molecule is FC1(F)CC=C(c2ccn(PI)n2)CC1. The van der Waals surface area contributed by atoms with Crippen LogP contribution in [0.25, 0.3) is 5.57 Å². The molecule has 2 rings (SSSR count). The number of rotatable bonds is 2. The Labute approximate surface area is 101 Å². The standard InChI is InChI=1S/C9H10F2IN2P/c10-9(11)4-1-7(2-5-9)8-3-6-14(13-8)15-12/h1,3,6,15H,2,4-5H2. The molecule has 0 saturated carbocycles. The minimum Gasteiger partial charge on any atom is -0.245 e. The van der Waals surface area contributed by atoms with Crippen LogP contribution in [0.3, 0.4) is 0 Å². The first-order valence-corrected chi connectivity index (χ1v) is 8.66. The van der Waals surface area contributed by atoms with Crippen molar-refractivity contribution in [3.63, 3.8) is 0 Å². The van der Waals surface area contributed by atoms with Crippen molar-refractivity contribution in [1.82, 2.24) is 9.55 Å². The Hall–Kier alpha value is -0.0300. The molecule has 1 heterocycles. The first kappa shape index (κ1) is 11.5. The molecule has 2 nitrogen and oxygen atoms in total. The van der Waals surface area contributed by atoms with Crippen LogP contribution in [-0.2, 0) is 0 Å². The molecule has 1 unspecified atom stereocenters. The van der Waals surface area contributed by atoms with Crippen molar-refractivity contribution in [2.24, 2.45) is 0 Å². The summed E-state index contributed by atoms with van der Waals surface area (Å²) in [4.78, 5) is 0. The second-order valence-electron chi connectivity index (χ2n) is 3.52. The Bertz CT molecular complexity index is 389. The van der Waals surface area contributed by atoms with E-state index in [0.717, 1.165) is 11.3 Å². The summed E-state index contributed by atoms with van der Waals surface area (Å²) in [5.74, 6) is -2.52. The minimum absolute atomic E-state index is 0.0573. The predicted molar refractivity (Wildman–Crippen MR) is 66.7 cm³/mol. The lowest BCUT2D eigenvalue weighted by Gasteiger charge is -2.20. The van der Waals surface area contributed by atoms with Gasteiger partial charge in [-0.05, 0) is 40.1 Å². The van der Waals surface area contributed by atoms with Crippen molar-refractivity contribution >= 4 is 34.0 Å². The molecule has 82 valence electrons. The van der Waals surface area contributed by atoms with Crippen LogP contribution < -0.4 is 0 Å². The van der Waals surface area contributed by atoms with Crippen molar-refractivity contribution in [1.29, 1.82) is 0 Å². The van der Waals surface area contributed by atoms with E-state index in [1.54, 1.807) is 6.08 Å². The van der Waals surface area contributed by atoms with E-state index >= 15 is 0 Å². The molecule has 0 aromatic carbocycles. The number of hydrogen-bond acceptors (Lipinski definition) is 1. The van der Waals surface area contributed by atoms with Crippen LogP contribution in [0.2, 0.25) is 0 Å². The first-order valence-electron chi connectivity index (χ1n) is 4.60. The second kappa shape index (κ2) is 4.45. The third kappa shape index (κ3) is 2.75. The van der Waals surface area contributed by atoms with Crippen LogP contribution in [-0.4, -0.2) is 15.5 Å². The zero-order valence-electron chi connectivity index (χ0n) is 7.88. The fraction of sp³-hybridized carbons (Fsp3) is 0.444. The summed E-state index contributed by atoms with van der Waals surface area (Å²) < 4.78 is 27.6. The summed E-state index contributed by atoms with van der Waals surface area (Å²) in [5.41, 5.74) is 1.80. The van der Waals surface area contributed by atoms with Gasteiger partial charge in [-0.3, -0.25) is 0 Å².